The molecule has 1 aliphatic heterocycles. The van der Waals surface area contributed by atoms with Crippen molar-refractivity contribution in [2.75, 3.05) is 24.5 Å². The molecule has 4 aromatic rings. The lowest BCUT2D eigenvalue weighted by atomic mass is 10.1. The highest BCUT2D eigenvalue weighted by atomic mass is 35.5. The second-order valence-electron chi connectivity index (χ2n) is 9.38. The van der Waals surface area contributed by atoms with E-state index in [1.54, 1.807) is 35.4 Å². The maximum Gasteiger partial charge on any atom is 0.357 e. The maximum absolute atomic E-state index is 14.8. The van der Waals surface area contributed by atoms with Gasteiger partial charge in [0.2, 0.25) is 5.91 Å². The molecule has 0 unspecified atom stereocenters. The van der Waals surface area contributed by atoms with E-state index in [-0.39, 0.29) is 33.9 Å². The summed E-state index contributed by atoms with van der Waals surface area (Å²) in [6, 6.07) is 7.71. The number of carbonyl (C=O) groups is 1. The number of piperazine rings is 1. The molecule has 1 amide bonds. The molecular formula is C28H27ClFN7O2. The van der Waals surface area contributed by atoms with E-state index in [1.807, 2.05) is 18.7 Å². The number of hydrogen-bond acceptors (Lipinski definition) is 7. The molecule has 0 N–H and O–H groups in total. The Labute approximate surface area is 229 Å². The lowest BCUT2D eigenvalue weighted by molar-refractivity contribution is -0.126. The van der Waals surface area contributed by atoms with E-state index >= 15 is 0 Å². The van der Waals surface area contributed by atoms with Crippen LogP contribution in [-0.4, -0.2) is 61.0 Å². The molecule has 0 saturated carbocycles. The van der Waals surface area contributed by atoms with E-state index in [1.165, 1.54) is 23.0 Å². The van der Waals surface area contributed by atoms with Gasteiger partial charge in [-0.25, -0.2) is 28.7 Å². The lowest BCUT2D eigenvalue weighted by Crippen LogP contribution is -2.54. The van der Waals surface area contributed by atoms with Crippen LogP contribution in [0.3, 0.4) is 0 Å². The van der Waals surface area contributed by atoms with E-state index in [9.17, 15) is 14.0 Å². The number of pyridine rings is 1. The zero-order valence-electron chi connectivity index (χ0n) is 21.6. The molecule has 11 heteroatoms. The van der Waals surface area contributed by atoms with Gasteiger partial charge < -0.3 is 9.80 Å². The van der Waals surface area contributed by atoms with Crippen molar-refractivity contribution in [3.05, 3.63) is 82.4 Å². The number of hydrogen-bond donors (Lipinski definition) is 0. The largest absolute Gasteiger partial charge is 0.357 e. The molecule has 1 aliphatic rings. The number of benzene rings is 1. The van der Waals surface area contributed by atoms with E-state index in [4.69, 9.17) is 16.6 Å². The van der Waals surface area contributed by atoms with Gasteiger partial charge in [0.1, 0.15) is 23.8 Å². The minimum Gasteiger partial charge on any atom is -0.350 e. The fraction of sp³-hybridized carbons (Fsp3) is 0.286. The van der Waals surface area contributed by atoms with Crippen LogP contribution in [0.2, 0.25) is 5.02 Å². The number of anilines is 1. The highest BCUT2D eigenvalue weighted by Crippen LogP contribution is 2.35. The van der Waals surface area contributed by atoms with Gasteiger partial charge in [0.05, 0.1) is 16.1 Å². The summed E-state index contributed by atoms with van der Waals surface area (Å²) in [6.45, 7) is 8.85. The Bertz CT molecular complexity index is 1640. The minimum atomic E-state index is -0.584. The van der Waals surface area contributed by atoms with Gasteiger partial charge >= 0.3 is 5.69 Å². The number of halogens is 2. The van der Waals surface area contributed by atoms with E-state index in [0.717, 1.165) is 12.0 Å². The Kier molecular flexibility index (Phi) is 7.38. The lowest BCUT2D eigenvalue weighted by Gasteiger charge is -2.40. The molecular weight excluding hydrogens is 521 g/mol. The van der Waals surface area contributed by atoms with Gasteiger partial charge in [0, 0.05) is 43.0 Å². The number of carbonyl (C=O) groups excluding carboxylic acids is 1. The monoisotopic (exact) mass is 547 g/mol. The quantitative estimate of drug-likeness (QED) is 0.334. The number of aryl methyl sites for hydroxylation is 1. The zero-order valence-corrected chi connectivity index (χ0v) is 22.4. The molecule has 1 saturated heterocycles. The average Bonchev–Trinajstić information content (AvgIpc) is 2.93. The molecule has 0 radical (unpaired) electrons. The fourth-order valence-electron chi connectivity index (χ4n) is 4.96. The van der Waals surface area contributed by atoms with Gasteiger partial charge in [-0.2, -0.15) is 4.98 Å². The molecule has 1 aromatic carbocycles. The fourth-order valence-corrected chi connectivity index (χ4v) is 5.21. The first-order valence-electron chi connectivity index (χ1n) is 12.7. The van der Waals surface area contributed by atoms with E-state index in [2.05, 4.69) is 21.5 Å². The average molecular weight is 548 g/mol. The molecule has 1 atom stereocenters. The zero-order chi connectivity index (χ0) is 27.7. The third-order valence-corrected chi connectivity index (χ3v) is 7.10. The number of rotatable bonds is 6. The van der Waals surface area contributed by atoms with E-state index < -0.39 is 11.5 Å². The maximum atomic E-state index is 14.8. The molecule has 5 rings (SSSR count). The van der Waals surface area contributed by atoms with Crippen LogP contribution in [-0.2, 0) is 11.2 Å². The molecule has 4 heterocycles. The summed E-state index contributed by atoms with van der Waals surface area (Å²) in [5.74, 6) is 0.121. The smallest absolute Gasteiger partial charge is 0.350 e. The van der Waals surface area contributed by atoms with Crippen molar-refractivity contribution in [3.63, 3.8) is 0 Å². The third kappa shape index (κ3) is 4.87. The highest BCUT2D eigenvalue weighted by molar-refractivity contribution is 6.33. The highest BCUT2D eigenvalue weighted by Gasteiger charge is 2.30. The molecule has 1 fully saturated rings. The Morgan fingerprint density at radius 1 is 1.23 bits per heavy atom. The summed E-state index contributed by atoms with van der Waals surface area (Å²) in [5.41, 5.74) is 0.837. The summed E-state index contributed by atoms with van der Waals surface area (Å²) in [4.78, 5) is 47.4. The second kappa shape index (κ2) is 10.9. The van der Waals surface area contributed by atoms with Gasteiger partial charge in [-0.1, -0.05) is 43.7 Å². The number of fused-ring (bicyclic) bond motifs is 1. The van der Waals surface area contributed by atoms with Crippen LogP contribution in [0.15, 0.2) is 60.3 Å². The van der Waals surface area contributed by atoms with Gasteiger partial charge in [-0.15, -0.1) is 0 Å². The number of nitrogens with zero attached hydrogens (tertiary/aromatic N) is 7. The van der Waals surface area contributed by atoms with Gasteiger partial charge in [0.25, 0.3) is 0 Å². The van der Waals surface area contributed by atoms with Crippen molar-refractivity contribution in [1.82, 2.24) is 29.4 Å². The SMILES string of the molecule is C=CC(=O)N1CCN(c2nc(=O)n(-c3ncncc3CCC)c3nc(-c4ccccc4F)c(Cl)cc23)[C@@H](C)C1. The molecule has 3 aromatic heterocycles. The van der Waals surface area contributed by atoms with Crippen LogP contribution >= 0.6 is 11.6 Å². The Hall–Kier alpha value is -4.18. The summed E-state index contributed by atoms with van der Waals surface area (Å²) in [5, 5.41) is 0.724. The van der Waals surface area contributed by atoms with Crippen molar-refractivity contribution in [1.29, 1.82) is 0 Å². The van der Waals surface area contributed by atoms with Crippen LogP contribution in [0, 0.1) is 5.82 Å². The topological polar surface area (TPSA) is 97.1 Å². The van der Waals surface area contributed by atoms with Gasteiger partial charge in [-0.05, 0) is 37.6 Å². The molecule has 0 bridgehead atoms. The first-order chi connectivity index (χ1) is 18.8. The Morgan fingerprint density at radius 3 is 2.74 bits per heavy atom. The van der Waals surface area contributed by atoms with Crippen molar-refractivity contribution >= 4 is 34.4 Å². The van der Waals surface area contributed by atoms with Crippen LogP contribution in [0.25, 0.3) is 28.1 Å². The van der Waals surface area contributed by atoms with Crippen LogP contribution in [0.1, 0.15) is 25.8 Å². The summed E-state index contributed by atoms with van der Waals surface area (Å²) in [7, 11) is 0. The normalized spacial score (nSPS) is 15.5. The predicted octanol–water partition coefficient (Wildman–Crippen LogP) is 4.21. The second-order valence-corrected chi connectivity index (χ2v) is 9.78. The molecule has 200 valence electrons. The van der Waals surface area contributed by atoms with Gasteiger partial charge in [-0.3, -0.25) is 4.79 Å². The van der Waals surface area contributed by atoms with Crippen molar-refractivity contribution in [2.24, 2.45) is 0 Å². The predicted molar refractivity (Wildman–Crippen MR) is 149 cm³/mol. The summed E-state index contributed by atoms with van der Waals surface area (Å²) < 4.78 is 16.2. The first kappa shape index (κ1) is 26.4. The number of amides is 1. The van der Waals surface area contributed by atoms with E-state index in [0.29, 0.717) is 43.1 Å². The Morgan fingerprint density at radius 2 is 2.03 bits per heavy atom. The van der Waals surface area contributed by atoms with Crippen molar-refractivity contribution < 1.29 is 9.18 Å². The molecule has 39 heavy (non-hydrogen) atoms. The molecule has 0 aliphatic carbocycles. The van der Waals surface area contributed by atoms with Crippen LogP contribution in [0.4, 0.5) is 10.2 Å². The summed E-state index contributed by atoms with van der Waals surface area (Å²) in [6.07, 6.45) is 5.77. The van der Waals surface area contributed by atoms with Gasteiger partial charge in [0.15, 0.2) is 5.65 Å². The van der Waals surface area contributed by atoms with Crippen LogP contribution in [0.5, 0.6) is 0 Å². The first-order valence-corrected chi connectivity index (χ1v) is 13.1. The third-order valence-electron chi connectivity index (χ3n) is 6.81. The molecule has 9 nitrogen and oxygen atoms in total. The minimum absolute atomic E-state index is 0.152. The van der Waals surface area contributed by atoms with Crippen molar-refractivity contribution in [3.8, 4) is 17.1 Å². The number of aromatic nitrogens is 5. The van der Waals surface area contributed by atoms with Crippen molar-refractivity contribution in [2.45, 2.75) is 32.7 Å². The summed E-state index contributed by atoms with van der Waals surface area (Å²) >= 11 is 6.71. The standard InChI is InChI=1S/C28H27ClFN7O2/c1-4-8-18-14-31-16-32-25(18)37-27-20(13-21(29)24(33-27)19-9-6-7-10-22(19)30)26(34-28(37)39)36-12-11-35(15-17(36)3)23(38)5-2/h5-7,9-10,13-14,16-17H,2,4,8,11-12,15H2,1,3H3/t17-/m0/s1. The molecule has 0 spiro atoms. The Balaban J connectivity index is 1.77. The van der Waals surface area contributed by atoms with Crippen LogP contribution < -0.4 is 10.6 Å².